The van der Waals surface area contributed by atoms with Crippen molar-refractivity contribution in [2.45, 2.75) is 13.0 Å². The first-order valence-corrected chi connectivity index (χ1v) is 6.54. The van der Waals surface area contributed by atoms with Crippen molar-refractivity contribution < 1.29 is 22.7 Å². The molecule has 1 N–H and O–H groups in total. The molecule has 7 heteroatoms. The number of carbonyl (C=O) groups excluding carboxylic acids is 1. The van der Waals surface area contributed by atoms with Crippen LogP contribution in [0.2, 0.25) is 0 Å². The van der Waals surface area contributed by atoms with Gasteiger partial charge in [0.2, 0.25) is 0 Å². The number of anilines is 1. The number of hydrogen-bond donors (Lipinski definition) is 1. The standard InChI is InChI=1S/C16H11F3N2O2/c1-9(23-13-5-3-2-4-10(13)8-20)16(22)21-12-7-6-11(17)14(18)15(12)19/h2-7,9H,1H3,(H,21,22). The molecule has 0 bridgehead atoms. The molecule has 23 heavy (non-hydrogen) atoms. The van der Waals surface area contributed by atoms with Crippen molar-refractivity contribution >= 4 is 11.6 Å². The first kappa shape index (κ1) is 16.4. The summed E-state index contributed by atoms with van der Waals surface area (Å²) >= 11 is 0. The van der Waals surface area contributed by atoms with Gasteiger partial charge in [-0.2, -0.15) is 5.26 Å². The highest BCUT2D eigenvalue weighted by Crippen LogP contribution is 2.21. The van der Waals surface area contributed by atoms with Crippen LogP contribution in [0.25, 0.3) is 0 Å². The Morgan fingerprint density at radius 3 is 2.57 bits per heavy atom. The number of carbonyl (C=O) groups is 1. The highest BCUT2D eigenvalue weighted by Gasteiger charge is 2.20. The number of rotatable bonds is 4. The third kappa shape index (κ3) is 3.61. The number of halogens is 3. The van der Waals surface area contributed by atoms with Gasteiger partial charge in [-0.3, -0.25) is 4.79 Å². The van der Waals surface area contributed by atoms with E-state index in [9.17, 15) is 18.0 Å². The van der Waals surface area contributed by atoms with Gasteiger partial charge >= 0.3 is 0 Å². The number of ether oxygens (including phenoxy) is 1. The highest BCUT2D eigenvalue weighted by atomic mass is 19.2. The number of hydrogen-bond acceptors (Lipinski definition) is 3. The van der Waals surface area contributed by atoms with Gasteiger partial charge in [0.05, 0.1) is 11.3 Å². The summed E-state index contributed by atoms with van der Waals surface area (Å²) < 4.78 is 44.8. The van der Waals surface area contributed by atoms with Crippen LogP contribution in [0.1, 0.15) is 12.5 Å². The number of para-hydroxylation sites is 1. The topological polar surface area (TPSA) is 62.1 Å². The van der Waals surface area contributed by atoms with Crippen molar-refractivity contribution in [1.82, 2.24) is 0 Å². The Labute approximate surface area is 130 Å². The minimum atomic E-state index is -1.67. The Kier molecular flexibility index (Phi) is 4.86. The van der Waals surface area contributed by atoms with Crippen LogP contribution >= 0.6 is 0 Å². The molecule has 2 aromatic carbocycles. The molecule has 0 aliphatic rings. The second-order valence-electron chi connectivity index (χ2n) is 4.58. The second-order valence-corrected chi connectivity index (χ2v) is 4.58. The monoisotopic (exact) mass is 320 g/mol. The largest absolute Gasteiger partial charge is 0.480 e. The summed E-state index contributed by atoms with van der Waals surface area (Å²) in [4.78, 5) is 12.0. The van der Waals surface area contributed by atoms with E-state index in [0.29, 0.717) is 6.07 Å². The third-order valence-electron chi connectivity index (χ3n) is 2.97. The van der Waals surface area contributed by atoms with Crippen LogP contribution < -0.4 is 10.1 Å². The predicted molar refractivity (Wildman–Crippen MR) is 76.2 cm³/mol. The molecule has 4 nitrogen and oxygen atoms in total. The summed E-state index contributed by atoms with van der Waals surface area (Å²) in [5.74, 6) is -5.12. The molecule has 0 heterocycles. The Hall–Kier alpha value is -3.01. The van der Waals surface area contributed by atoms with E-state index in [1.54, 1.807) is 12.1 Å². The minimum absolute atomic E-state index is 0.184. The minimum Gasteiger partial charge on any atom is -0.480 e. The summed E-state index contributed by atoms with van der Waals surface area (Å²) in [6.07, 6.45) is -1.09. The lowest BCUT2D eigenvalue weighted by Crippen LogP contribution is -2.30. The van der Waals surface area contributed by atoms with Gasteiger partial charge in [0.25, 0.3) is 5.91 Å². The zero-order chi connectivity index (χ0) is 17.0. The van der Waals surface area contributed by atoms with Crippen molar-refractivity contribution in [1.29, 1.82) is 5.26 Å². The molecular weight excluding hydrogens is 309 g/mol. The lowest BCUT2D eigenvalue weighted by molar-refractivity contribution is -0.122. The molecular formula is C16H11F3N2O2. The van der Waals surface area contributed by atoms with E-state index in [4.69, 9.17) is 10.00 Å². The van der Waals surface area contributed by atoms with Crippen molar-refractivity contribution in [2.75, 3.05) is 5.32 Å². The van der Waals surface area contributed by atoms with E-state index in [1.165, 1.54) is 19.1 Å². The first-order valence-electron chi connectivity index (χ1n) is 6.54. The van der Waals surface area contributed by atoms with E-state index >= 15 is 0 Å². The second kappa shape index (κ2) is 6.83. The summed E-state index contributed by atoms with van der Waals surface area (Å²) in [7, 11) is 0. The van der Waals surface area contributed by atoms with E-state index < -0.39 is 35.2 Å². The van der Waals surface area contributed by atoms with Gasteiger partial charge in [-0.15, -0.1) is 0 Å². The Morgan fingerprint density at radius 2 is 1.87 bits per heavy atom. The summed E-state index contributed by atoms with van der Waals surface area (Å²) in [6, 6.07) is 9.77. The van der Waals surface area contributed by atoms with E-state index in [-0.39, 0.29) is 11.3 Å². The quantitative estimate of drug-likeness (QED) is 0.879. The molecule has 0 saturated heterocycles. The molecule has 1 atom stereocenters. The Morgan fingerprint density at radius 1 is 1.17 bits per heavy atom. The van der Waals surface area contributed by atoms with Gasteiger partial charge in [-0.1, -0.05) is 12.1 Å². The van der Waals surface area contributed by atoms with E-state index in [0.717, 1.165) is 6.07 Å². The fourth-order valence-corrected chi connectivity index (χ4v) is 1.76. The van der Waals surface area contributed by atoms with Crippen LogP contribution in [-0.4, -0.2) is 12.0 Å². The summed E-state index contributed by atoms with van der Waals surface area (Å²) in [6.45, 7) is 1.38. The normalized spacial score (nSPS) is 11.4. The van der Waals surface area contributed by atoms with Crippen LogP contribution in [0.5, 0.6) is 5.75 Å². The molecule has 1 unspecified atom stereocenters. The van der Waals surface area contributed by atoms with Gasteiger partial charge in [0, 0.05) is 0 Å². The number of nitriles is 1. The highest BCUT2D eigenvalue weighted by molar-refractivity contribution is 5.94. The molecule has 0 aliphatic heterocycles. The molecule has 0 fully saturated rings. The molecule has 0 aromatic heterocycles. The number of nitrogens with zero attached hydrogens (tertiary/aromatic N) is 1. The fourth-order valence-electron chi connectivity index (χ4n) is 1.76. The Balaban J connectivity index is 2.12. The third-order valence-corrected chi connectivity index (χ3v) is 2.97. The fraction of sp³-hybridized carbons (Fsp3) is 0.125. The first-order chi connectivity index (χ1) is 10.9. The summed E-state index contributed by atoms with van der Waals surface area (Å²) in [5, 5.41) is 11.0. The average Bonchev–Trinajstić information content (AvgIpc) is 2.55. The maximum absolute atomic E-state index is 13.5. The maximum atomic E-state index is 13.5. The van der Waals surface area contributed by atoms with Crippen LogP contribution in [0, 0.1) is 28.8 Å². The maximum Gasteiger partial charge on any atom is 0.265 e. The van der Waals surface area contributed by atoms with Gasteiger partial charge in [-0.05, 0) is 31.2 Å². The zero-order valence-corrected chi connectivity index (χ0v) is 11.9. The van der Waals surface area contributed by atoms with Gasteiger partial charge < -0.3 is 10.1 Å². The lowest BCUT2D eigenvalue weighted by atomic mass is 10.2. The SMILES string of the molecule is CC(Oc1ccccc1C#N)C(=O)Nc1ccc(F)c(F)c1F. The predicted octanol–water partition coefficient (Wildman–Crippen LogP) is 3.38. The molecule has 2 aromatic rings. The van der Waals surface area contributed by atoms with Crippen LogP contribution in [0.4, 0.5) is 18.9 Å². The lowest BCUT2D eigenvalue weighted by Gasteiger charge is -2.16. The van der Waals surface area contributed by atoms with Crippen LogP contribution in [0.15, 0.2) is 36.4 Å². The molecule has 2 rings (SSSR count). The molecule has 0 aliphatic carbocycles. The van der Waals surface area contributed by atoms with Crippen LogP contribution in [0.3, 0.4) is 0 Å². The van der Waals surface area contributed by atoms with Crippen LogP contribution in [-0.2, 0) is 4.79 Å². The van der Waals surface area contributed by atoms with Gasteiger partial charge in [0.15, 0.2) is 23.6 Å². The summed E-state index contributed by atoms with van der Waals surface area (Å²) in [5.41, 5.74) is -0.274. The average molecular weight is 320 g/mol. The van der Waals surface area contributed by atoms with E-state index in [2.05, 4.69) is 5.32 Å². The smallest absolute Gasteiger partial charge is 0.265 e. The zero-order valence-electron chi connectivity index (χ0n) is 11.9. The molecule has 0 spiro atoms. The number of nitrogens with one attached hydrogen (secondary N) is 1. The van der Waals surface area contributed by atoms with E-state index in [1.807, 2.05) is 6.07 Å². The van der Waals surface area contributed by atoms with Crippen molar-refractivity contribution in [3.63, 3.8) is 0 Å². The molecule has 0 saturated carbocycles. The molecule has 1 amide bonds. The van der Waals surface area contributed by atoms with Gasteiger partial charge in [-0.25, -0.2) is 13.2 Å². The van der Waals surface area contributed by atoms with Gasteiger partial charge in [0.1, 0.15) is 11.8 Å². The van der Waals surface area contributed by atoms with Crippen molar-refractivity contribution in [3.8, 4) is 11.8 Å². The Bertz CT molecular complexity index is 787. The molecule has 0 radical (unpaired) electrons. The number of amides is 1. The van der Waals surface area contributed by atoms with Crippen molar-refractivity contribution in [2.24, 2.45) is 0 Å². The van der Waals surface area contributed by atoms with Crippen molar-refractivity contribution in [3.05, 3.63) is 59.4 Å². The molecule has 118 valence electrons. The number of benzene rings is 2.